The molecule has 208 valence electrons. The molecule has 0 N–H and O–H groups in total. The van der Waals surface area contributed by atoms with Crippen LogP contribution in [0.5, 0.6) is 0 Å². The molecule has 0 bridgehead atoms. The molecular weight excluding hydrogens is 496 g/mol. The number of nitrogens with zero attached hydrogens (tertiary/aromatic N) is 6. The zero-order chi connectivity index (χ0) is 27.0. The molecule has 0 aromatic carbocycles. The van der Waals surface area contributed by atoms with Gasteiger partial charge in [0.15, 0.2) is 6.10 Å². The minimum Gasteiger partial charge on any atom is -0.441 e. The van der Waals surface area contributed by atoms with E-state index in [2.05, 4.69) is 46.9 Å². The monoisotopic (exact) mass is 534 g/mol. The van der Waals surface area contributed by atoms with Crippen molar-refractivity contribution >= 4 is 17.3 Å². The second kappa shape index (κ2) is 10.7. The van der Waals surface area contributed by atoms with Crippen molar-refractivity contribution in [1.82, 2.24) is 24.4 Å². The first-order valence-corrected chi connectivity index (χ1v) is 14.0. The van der Waals surface area contributed by atoms with Crippen LogP contribution in [0.2, 0.25) is 0 Å². The molecule has 3 aromatic rings. The molecular formula is C29H38N6O4. The van der Waals surface area contributed by atoms with E-state index in [1.165, 1.54) is 0 Å². The molecule has 0 radical (unpaired) electrons. The number of piperazine rings is 1. The maximum absolute atomic E-state index is 12.4. The Labute approximate surface area is 229 Å². The second-order valence-electron chi connectivity index (χ2n) is 11.1. The number of methoxy groups -OCH3 is 1. The molecule has 3 fully saturated rings. The van der Waals surface area contributed by atoms with Crippen LogP contribution in [0.1, 0.15) is 32.3 Å². The van der Waals surface area contributed by atoms with Crippen LogP contribution < -0.4 is 4.90 Å². The Morgan fingerprint density at radius 2 is 1.95 bits per heavy atom. The van der Waals surface area contributed by atoms with Crippen LogP contribution >= 0.6 is 0 Å². The number of amides is 1. The van der Waals surface area contributed by atoms with Gasteiger partial charge in [0, 0.05) is 75.6 Å². The fraction of sp³-hybridized carbons (Fsp3) is 0.552. The number of fused-ring (bicyclic) bond motifs is 1. The van der Waals surface area contributed by atoms with Crippen LogP contribution in [-0.4, -0.2) is 102 Å². The number of aromatic nitrogens is 3. The molecule has 0 spiro atoms. The van der Waals surface area contributed by atoms with E-state index in [1.807, 2.05) is 36.3 Å². The van der Waals surface area contributed by atoms with E-state index in [-0.39, 0.29) is 17.8 Å². The lowest BCUT2D eigenvalue weighted by Gasteiger charge is -2.43. The average molecular weight is 535 g/mol. The summed E-state index contributed by atoms with van der Waals surface area (Å²) in [7, 11) is 1.82. The Morgan fingerprint density at radius 1 is 1.13 bits per heavy atom. The van der Waals surface area contributed by atoms with Crippen molar-refractivity contribution in [3.63, 3.8) is 0 Å². The van der Waals surface area contributed by atoms with Gasteiger partial charge in [-0.2, -0.15) is 5.10 Å². The lowest BCUT2D eigenvalue weighted by molar-refractivity contribution is -0.104. The van der Waals surface area contributed by atoms with Crippen LogP contribution in [0.15, 0.2) is 42.9 Å². The summed E-state index contributed by atoms with van der Waals surface area (Å²) in [4.78, 5) is 23.9. The standard InChI is InChI=1S/C29H38N6O4/c1-21(2)34-10-4-8-29(20-34,37-3)23-5-6-25(30-16-23)22-15-27-26(7-9-31-35(27)17-22)32-11-13-33(14-12-32)28(36)39-24-18-38-19-24/h5-7,9,15-17,21,24H,4,8,10-14,18-20H2,1-3H3/t29-/m0/s1. The van der Waals surface area contributed by atoms with Gasteiger partial charge < -0.3 is 24.0 Å². The summed E-state index contributed by atoms with van der Waals surface area (Å²) in [6.07, 6.45) is 7.59. The molecule has 3 saturated heterocycles. The van der Waals surface area contributed by atoms with E-state index < -0.39 is 0 Å². The number of carbonyl (C=O) groups is 1. The Morgan fingerprint density at radius 3 is 2.62 bits per heavy atom. The third-order valence-electron chi connectivity index (χ3n) is 8.43. The first kappa shape index (κ1) is 26.0. The van der Waals surface area contributed by atoms with Crippen LogP contribution in [-0.2, 0) is 19.8 Å². The third-order valence-corrected chi connectivity index (χ3v) is 8.43. The molecule has 0 saturated carbocycles. The predicted octanol–water partition coefficient (Wildman–Crippen LogP) is 3.40. The van der Waals surface area contributed by atoms with E-state index in [0.717, 1.165) is 67.0 Å². The summed E-state index contributed by atoms with van der Waals surface area (Å²) < 4.78 is 18.6. The zero-order valence-electron chi connectivity index (χ0n) is 23.1. The van der Waals surface area contributed by atoms with Crippen molar-refractivity contribution in [3.8, 4) is 11.3 Å². The number of likely N-dealkylation sites (tertiary alicyclic amines) is 1. The zero-order valence-corrected chi connectivity index (χ0v) is 23.1. The highest BCUT2D eigenvalue weighted by atomic mass is 16.6. The molecule has 3 aliphatic rings. The molecule has 1 amide bonds. The summed E-state index contributed by atoms with van der Waals surface area (Å²) in [5.41, 5.74) is 4.85. The van der Waals surface area contributed by atoms with Crippen LogP contribution in [0, 0.1) is 0 Å². The summed E-state index contributed by atoms with van der Waals surface area (Å²) >= 11 is 0. The van der Waals surface area contributed by atoms with Gasteiger partial charge in [0.1, 0.15) is 5.60 Å². The highest BCUT2D eigenvalue weighted by Gasteiger charge is 2.38. The topological polar surface area (TPSA) is 84.7 Å². The summed E-state index contributed by atoms with van der Waals surface area (Å²) in [6, 6.07) is 8.94. The lowest BCUT2D eigenvalue weighted by atomic mass is 9.85. The summed E-state index contributed by atoms with van der Waals surface area (Å²) in [5.74, 6) is 0. The molecule has 39 heavy (non-hydrogen) atoms. The predicted molar refractivity (Wildman–Crippen MR) is 148 cm³/mol. The number of hydrogen-bond donors (Lipinski definition) is 0. The van der Waals surface area contributed by atoms with Gasteiger partial charge in [-0.05, 0) is 51.4 Å². The minimum absolute atomic E-state index is 0.102. The van der Waals surface area contributed by atoms with Crippen molar-refractivity contribution in [2.75, 3.05) is 64.5 Å². The maximum Gasteiger partial charge on any atom is 0.410 e. The van der Waals surface area contributed by atoms with E-state index in [9.17, 15) is 4.79 Å². The Bertz CT molecular complexity index is 1300. The molecule has 1 atom stereocenters. The quantitative estimate of drug-likeness (QED) is 0.476. The number of hydrogen-bond acceptors (Lipinski definition) is 8. The highest BCUT2D eigenvalue weighted by Crippen LogP contribution is 2.36. The SMILES string of the molecule is CO[C@@]1(c2ccc(-c3cc4c(N5CCN(C(=O)OC6COC6)CC5)ccnn4c3)nc2)CCCN(C(C)C)C1. The Balaban J connectivity index is 1.18. The largest absolute Gasteiger partial charge is 0.441 e. The van der Waals surface area contributed by atoms with Gasteiger partial charge >= 0.3 is 6.09 Å². The Hall–Kier alpha value is -3.21. The van der Waals surface area contributed by atoms with Crippen molar-refractivity contribution in [2.24, 2.45) is 0 Å². The first-order valence-electron chi connectivity index (χ1n) is 14.0. The average Bonchev–Trinajstić information content (AvgIpc) is 3.40. The summed E-state index contributed by atoms with van der Waals surface area (Å²) in [6.45, 7) is 10.2. The molecule has 10 nitrogen and oxygen atoms in total. The van der Waals surface area contributed by atoms with E-state index >= 15 is 0 Å². The number of anilines is 1. The van der Waals surface area contributed by atoms with Gasteiger partial charge in [0.05, 0.1) is 30.1 Å². The van der Waals surface area contributed by atoms with Crippen molar-refractivity contribution in [3.05, 3.63) is 48.4 Å². The van der Waals surface area contributed by atoms with Gasteiger partial charge in [0.25, 0.3) is 0 Å². The highest BCUT2D eigenvalue weighted by molar-refractivity contribution is 5.79. The van der Waals surface area contributed by atoms with Gasteiger partial charge in [0.2, 0.25) is 0 Å². The number of ether oxygens (including phenoxy) is 3. The van der Waals surface area contributed by atoms with E-state index in [0.29, 0.717) is 32.3 Å². The van der Waals surface area contributed by atoms with Crippen molar-refractivity contribution in [1.29, 1.82) is 0 Å². The van der Waals surface area contributed by atoms with E-state index in [4.69, 9.17) is 19.2 Å². The van der Waals surface area contributed by atoms with Gasteiger partial charge in [-0.1, -0.05) is 6.07 Å². The van der Waals surface area contributed by atoms with Gasteiger partial charge in [-0.15, -0.1) is 0 Å². The van der Waals surface area contributed by atoms with Crippen LogP contribution in [0.3, 0.4) is 0 Å². The Kier molecular flexibility index (Phi) is 7.18. The second-order valence-corrected chi connectivity index (χ2v) is 11.1. The molecule has 6 heterocycles. The first-order chi connectivity index (χ1) is 19.0. The molecule has 10 heteroatoms. The van der Waals surface area contributed by atoms with E-state index in [1.54, 1.807) is 4.90 Å². The molecule has 0 unspecified atom stereocenters. The number of carbonyl (C=O) groups excluding carboxylic acids is 1. The molecule has 3 aliphatic heterocycles. The molecule has 3 aromatic heterocycles. The van der Waals surface area contributed by atoms with Crippen LogP contribution in [0.25, 0.3) is 16.8 Å². The van der Waals surface area contributed by atoms with Crippen molar-refractivity contribution < 1.29 is 19.0 Å². The normalized spacial score (nSPS) is 22.9. The smallest absolute Gasteiger partial charge is 0.410 e. The minimum atomic E-state index is -0.325. The van der Waals surface area contributed by atoms with Crippen LogP contribution in [0.4, 0.5) is 10.5 Å². The third kappa shape index (κ3) is 5.08. The molecule has 6 rings (SSSR count). The van der Waals surface area contributed by atoms with Gasteiger partial charge in [-0.3, -0.25) is 9.88 Å². The number of piperidine rings is 1. The van der Waals surface area contributed by atoms with Gasteiger partial charge in [-0.25, -0.2) is 9.31 Å². The number of pyridine rings is 1. The van der Waals surface area contributed by atoms with Crippen molar-refractivity contribution in [2.45, 2.75) is 44.4 Å². The molecule has 0 aliphatic carbocycles. The fourth-order valence-corrected chi connectivity index (χ4v) is 5.89. The fourth-order valence-electron chi connectivity index (χ4n) is 5.89. The summed E-state index contributed by atoms with van der Waals surface area (Å²) in [5, 5.41) is 4.55. The maximum atomic E-state index is 12.4. The lowest BCUT2D eigenvalue weighted by Crippen LogP contribution is -2.51. The number of rotatable bonds is 6.